The van der Waals surface area contributed by atoms with Crippen LogP contribution in [-0.2, 0) is 4.74 Å². The molecule has 6 nitrogen and oxygen atoms in total. The van der Waals surface area contributed by atoms with Crippen molar-refractivity contribution in [2.75, 3.05) is 14.2 Å². The van der Waals surface area contributed by atoms with Crippen LogP contribution in [-0.4, -0.2) is 31.2 Å². The molecule has 2 aromatic rings. The molecule has 2 rings (SSSR count). The summed E-state index contributed by atoms with van der Waals surface area (Å²) in [6.07, 6.45) is 6.43. The maximum Gasteiger partial charge on any atom is 0.412 e. The molecule has 0 fully saturated rings. The van der Waals surface area contributed by atoms with Gasteiger partial charge in [-0.3, -0.25) is 4.98 Å². The van der Waals surface area contributed by atoms with Gasteiger partial charge in [0.05, 0.1) is 12.7 Å². The number of carbonyl (C=O) groups is 2. The van der Waals surface area contributed by atoms with Gasteiger partial charge in [0.25, 0.3) is 0 Å². The summed E-state index contributed by atoms with van der Waals surface area (Å²) in [6, 6.07) is 5.30. The minimum Gasteiger partial charge on any atom is -0.465 e. The van der Waals surface area contributed by atoms with Gasteiger partial charge in [-0.05, 0) is 54.3 Å². The summed E-state index contributed by atoms with van der Waals surface area (Å²) in [6.45, 7) is 3.87. The lowest BCUT2D eigenvalue weighted by atomic mass is 10.0. The van der Waals surface area contributed by atoms with E-state index in [4.69, 9.17) is 9.47 Å². The molecule has 0 aliphatic carbocycles. The molecule has 130 valence electrons. The van der Waals surface area contributed by atoms with Gasteiger partial charge in [0.1, 0.15) is 5.75 Å². The van der Waals surface area contributed by atoms with Crippen molar-refractivity contribution < 1.29 is 19.1 Å². The monoisotopic (exact) mass is 340 g/mol. The zero-order valence-electron chi connectivity index (χ0n) is 14.6. The molecule has 0 aliphatic rings. The van der Waals surface area contributed by atoms with Gasteiger partial charge in [-0.2, -0.15) is 0 Å². The lowest BCUT2D eigenvalue weighted by Gasteiger charge is -2.10. The quantitative estimate of drug-likeness (QED) is 0.864. The Kier molecular flexibility index (Phi) is 5.89. The summed E-state index contributed by atoms with van der Waals surface area (Å²) < 4.78 is 9.86. The second-order valence-corrected chi connectivity index (χ2v) is 5.44. The Morgan fingerprint density at radius 2 is 1.76 bits per heavy atom. The molecule has 6 heteroatoms. The van der Waals surface area contributed by atoms with Gasteiger partial charge < -0.3 is 14.8 Å². The van der Waals surface area contributed by atoms with Gasteiger partial charge in [0.15, 0.2) is 0 Å². The fourth-order valence-electron chi connectivity index (χ4n) is 2.37. The van der Waals surface area contributed by atoms with Crippen LogP contribution in [0.3, 0.4) is 0 Å². The molecular weight excluding hydrogens is 320 g/mol. The lowest BCUT2D eigenvalue weighted by Crippen LogP contribution is -2.22. The minimum absolute atomic E-state index is 0.396. The van der Waals surface area contributed by atoms with Crippen LogP contribution in [0.15, 0.2) is 30.6 Å². The lowest BCUT2D eigenvalue weighted by molar-refractivity contribution is 0.0600. The van der Waals surface area contributed by atoms with Gasteiger partial charge in [-0.15, -0.1) is 0 Å². The number of benzene rings is 1. The molecule has 1 aromatic heterocycles. The van der Waals surface area contributed by atoms with E-state index in [0.717, 1.165) is 22.3 Å². The number of pyridine rings is 1. The fraction of sp³-hybridized carbons (Fsp3) is 0.211. The number of nitrogens with zero attached hydrogens (tertiary/aromatic N) is 1. The van der Waals surface area contributed by atoms with E-state index in [-0.39, 0.29) is 0 Å². The van der Waals surface area contributed by atoms with Crippen molar-refractivity contribution in [2.45, 2.75) is 13.8 Å². The highest BCUT2D eigenvalue weighted by molar-refractivity contribution is 5.90. The molecule has 0 bridgehead atoms. The molecule has 0 saturated heterocycles. The smallest absolute Gasteiger partial charge is 0.412 e. The maximum absolute atomic E-state index is 11.6. The number of nitrogens with one attached hydrogen (secondary N) is 1. The third-order valence-electron chi connectivity index (χ3n) is 3.60. The Morgan fingerprint density at radius 1 is 1.08 bits per heavy atom. The van der Waals surface area contributed by atoms with Gasteiger partial charge in [0, 0.05) is 19.4 Å². The fourth-order valence-corrected chi connectivity index (χ4v) is 2.37. The van der Waals surface area contributed by atoms with Crippen molar-refractivity contribution in [3.8, 4) is 5.75 Å². The van der Waals surface area contributed by atoms with E-state index in [1.165, 1.54) is 20.4 Å². The van der Waals surface area contributed by atoms with E-state index in [9.17, 15) is 9.59 Å². The average molecular weight is 340 g/mol. The first-order valence-electron chi connectivity index (χ1n) is 7.67. The number of hydrogen-bond acceptors (Lipinski definition) is 5. The van der Waals surface area contributed by atoms with Crippen LogP contribution in [0.1, 0.15) is 32.6 Å². The Morgan fingerprint density at radius 3 is 2.36 bits per heavy atom. The zero-order chi connectivity index (χ0) is 18.4. The predicted octanol–water partition coefficient (Wildman–Crippen LogP) is 3.37. The second-order valence-electron chi connectivity index (χ2n) is 5.44. The molecule has 0 spiro atoms. The van der Waals surface area contributed by atoms with Gasteiger partial charge >= 0.3 is 12.1 Å². The summed E-state index contributed by atoms with van der Waals surface area (Å²) in [5.41, 5.74) is 4.12. The predicted molar refractivity (Wildman–Crippen MR) is 95.5 cm³/mol. The standard InChI is InChI=1S/C19H20N2O4/c1-12-7-16(25-19(23)20-3)8-13(2)17(12)6-5-14-9-15(11-21-10-14)18(22)24-4/h5-11H,1-4H3,(H,20,23)/b6-5+. The highest BCUT2D eigenvalue weighted by Crippen LogP contribution is 2.24. The number of rotatable bonds is 4. The van der Waals surface area contributed by atoms with Crippen LogP contribution in [0.25, 0.3) is 12.2 Å². The highest BCUT2D eigenvalue weighted by Gasteiger charge is 2.08. The number of aromatic nitrogens is 1. The molecule has 0 aliphatic heterocycles. The van der Waals surface area contributed by atoms with Crippen molar-refractivity contribution in [2.24, 2.45) is 0 Å². The normalized spacial score (nSPS) is 10.6. The van der Waals surface area contributed by atoms with Gasteiger partial charge in [0.2, 0.25) is 0 Å². The van der Waals surface area contributed by atoms with E-state index in [2.05, 4.69) is 10.3 Å². The van der Waals surface area contributed by atoms with Gasteiger partial charge in [-0.25, -0.2) is 9.59 Å². The van der Waals surface area contributed by atoms with Crippen molar-refractivity contribution in [3.05, 3.63) is 58.4 Å². The largest absolute Gasteiger partial charge is 0.465 e. The van der Waals surface area contributed by atoms with Crippen LogP contribution in [0.4, 0.5) is 4.79 Å². The van der Waals surface area contributed by atoms with Gasteiger partial charge in [-0.1, -0.05) is 12.2 Å². The van der Waals surface area contributed by atoms with E-state index < -0.39 is 12.1 Å². The Bertz CT molecular complexity index is 805. The minimum atomic E-state index is -0.507. The number of aryl methyl sites for hydroxylation is 2. The van der Waals surface area contributed by atoms with Crippen molar-refractivity contribution in [1.29, 1.82) is 0 Å². The second kappa shape index (κ2) is 8.10. The summed E-state index contributed by atoms with van der Waals surface area (Å²) in [5.74, 6) is 0.0617. The molecule has 0 atom stereocenters. The SMILES string of the molecule is CNC(=O)Oc1cc(C)c(/C=C/c2cncc(C(=O)OC)c2)c(C)c1. The van der Waals surface area contributed by atoms with Crippen LogP contribution in [0.5, 0.6) is 5.75 Å². The molecule has 0 saturated carbocycles. The Labute approximate surface area is 146 Å². The number of amides is 1. The van der Waals surface area contributed by atoms with Crippen LogP contribution in [0.2, 0.25) is 0 Å². The molecular formula is C19H20N2O4. The van der Waals surface area contributed by atoms with E-state index >= 15 is 0 Å². The molecule has 1 heterocycles. The summed E-state index contributed by atoms with van der Waals surface area (Å²) >= 11 is 0. The number of hydrogen-bond donors (Lipinski definition) is 1. The highest BCUT2D eigenvalue weighted by atomic mass is 16.6. The molecule has 0 unspecified atom stereocenters. The first-order chi connectivity index (χ1) is 11.9. The molecule has 25 heavy (non-hydrogen) atoms. The van der Waals surface area contributed by atoms with E-state index in [1.807, 2.05) is 26.0 Å². The van der Waals surface area contributed by atoms with Crippen molar-refractivity contribution in [3.63, 3.8) is 0 Å². The average Bonchev–Trinajstić information content (AvgIpc) is 2.60. The molecule has 1 amide bonds. The number of carbonyl (C=O) groups excluding carboxylic acids is 2. The van der Waals surface area contributed by atoms with Crippen LogP contribution >= 0.6 is 0 Å². The summed E-state index contributed by atoms with van der Waals surface area (Å²) in [7, 11) is 2.84. The topological polar surface area (TPSA) is 77.5 Å². The number of methoxy groups -OCH3 is 1. The van der Waals surface area contributed by atoms with E-state index in [0.29, 0.717) is 11.3 Å². The van der Waals surface area contributed by atoms with Crippen LogP contribution in [0, 0.1) is 13.8 Å². The first-order valence-corrected chi connectivity index (χ1v) is 7.67. The molecule has 0 radical (unpaired) electrons. The third-order valence-corrected chi connectivity index (χ3v) is 3.60. The maximum atomic E-state index is 11.6. The third kappa shape index (κ3) is 4.67. The Hall–Kier alpha value is -3.15. The summed E-state index contributed by atoms with van der Waals surface area (Å²) in [5, 5.41) is 2.41. The first kappa shape index (κ1) is 18.2. The zero-order valence-corrected chi connectivity index (χ0v) is 14.6. The van der Waals surface area contributed by atoms with Crippen molar-refractivity contribution in [1.82, 2.24) is 10.3 Å². The van der Waals surface area contributed by atoms with Crippen molar-refractivity contribution >= 4 is 24.2 Å². The number of esters is 1. The van der Waals surface area contributed by atoms with Crippen LogP contribution < -0.4 is 10.1 Å². The Balaban J connectivity index is 2.26. The molecule has 1 aromatic carbocycles. The molecule has 1 N–H and O–H groups in total. The summed E-state index contributed by atoms with van der Waals surface area (Å²) in [4.78, 5) is 26.9. The number of ether oxygens (including phenoxy) is 2. The van der Waals surface area contributed by atoms with E-state index in [1.54, 1.807) is 24.4 Å².